The molecule has 0 fully saturated rings. The van der Waals surface area contributed by atoms with Crippen LogP contribution in [0.4, 0.5) is 13.2 Å². The minimum atomic E-state index is -4.33. The van der Waals surface area contributed by atoms with Gasteiger partial charge in [0, 0.05) is 0 Å². The van der Waals surface area contributed by atoms with Crippen molar-refractivity contribution in [2.24, 2.45) is 0 Å². The molecule has 4 rings (SSSR count). The van der Waals surface area contributed by atoms with E-state index in [9.17, 15) is 13.2 Å². The highest BCUT2D eigenvalue weighted by molar-refractivity contribution is 6.06. The maximum Gasteiger partial charge on any atom is 0.416 e. The number of fused-ring (bicyclic) bond motifs is 3. The second-order valence-electron chi connectivity index (χ2n) is 5.77. The van der Waals surface area contributed by atoms with E-state index in [1.165, 1.54) is 12.1 Å². The summed E-state index contributed by atoms with van der Waals surface area (Å²) in [5.74, 6) is 0. The maximum absolute atomic E-state index is 12.9. The maximum atomic E-state index is 12.9. The van der Waals surface area contributed by atoms with Crippen LogP contribution in [0.5, 0.6) is 0 Å². The lowest BCUT2D eigenvalue weighted by molar-refractivity contribution is -0.137. The molecule has 0 spiro atoms. The zero-order valence-electron chi connectivity index (χ0n) is 12.6. The predicted molar refractivity (Wildman–Crippen MR) is 90.3 cm³/mol. The molecule has 3 heteroatoms. The Labute approximate surface area is 137 Å². The van der Waals surface area contributed by atoms with Gasteiger partial charge < -0.3 is 0 Å². The molecule has 0 atom stereocenters. The molecular weight excluding hydrogens is 309 g/mol. The average molecular weight is 322 g/mol. The second-order valence-corrected chi connectivity index (χ2v) is 5.77. The fourth-order valence-corrected chi connectivity index (χ4v) is 3.18. The first kappa shape index (κ1) is 14.8. The normalized spacial score (nSPS) is 12.7. The minimum absolute atomic E-state index is 0.548. The van der Waals surface area contributed by atoms with E-state index in [2.05, 4.69) is 0 Å². The molecule has 0 amide bonds. The molecule has 24 heavy (non-hydrogen) atoms. The molecule has 0 heterocycles. The lowest BCUT2D eigenvalue weighted by Crippen LogP contribution is -2.04. The number of alkyl halides is 3. The average Bonchev–Trinajstić information content (AvgIpc) is 2.89. The highest BCUT2D eigenvalue weighted by Crippen LogP contribution is 2.44. The van der Waals surface area contributed by atoms with Crippen molar-refractivity contribution in [1.82, 2.24) is 0 Å². The summed E-state index contributed by atoms with van der Waals surface area (Å²) in [6, 6.07) is 21.4. The van der Waals surface area contributed by atoms with Gasteiger partial charge in [0.2, 0.25) is 0 Å². The topological polar surface area (TPSA) is 0 Å². The van der Waals surface area contributed by atoms with Crippen molar-refractivity contribution in [2.45, 2.75) is 6.18 Å². The molecule has 0 radical (unpaired) electrons. The SMILES string of the molecule is FC(F)(F)c1cccc(C=C2c3ccccc3-c3ccccc32)c1. The van der Waals surface area contributed by atoms with Crippen LogP contribution in [0, 0.1) is 0 Å². The molecule has 1 aliphatic carbocycles. The van der Waals surface area contributed by atoms with Crippen LogP contribution in [0.3, 0.4) is 0 Å². The fourth-order valence-electron chi connectivity index (χ4n) is 3.18. The van der Waals surface area contributed by atoms with Crippen LogP contribution in [0.2, 0.25) is 0 Å². The Kier molecular flexibility index (Phi) is 3.31. The van der Waals surface area contributed by atoms with Crippen LogP contribution in [-0.2, 0) is 6.18 Å². The highest BCUT2D eigenvalue weighted by atomic mass is 19.4. The molecule has 0 nitrogen and oxygen atoms in total. The summed E-state index contributed by atoms with van der Waals surface area (Å²) in [7, 11) is 0. The Bertz CT molecular complexity index is 902. The van der Waals surface area contributed by atoms with Gasteiger partial charge in [-0.3, -0.25) is 0 Å². The van der Waals surface area contributed by atoms with E-state index in [1.807, 2.05) is 54.6 Å². The summed E-state index contributed by atoms with van der Waals surface area (Å²) < 4.78 is 38.8. The standard InChI is InChI=1S/C21H13F3/c22-21(23,24)15-7-5-6-14(12-15)13-20-18-10-3-1-8-16(18)17-9-2-4-11-19(17)20/h1-13H. The lowest BCUT2D eigenvalue weighted by atomic mass is 10.0. The highest BCUT2D eigenvalue weighted by Gasteiger charge is 2.30. The Morgan fingerprint density at radius 2 is 1.17 bits per heavy atom. The molecule has 3 aromatic carbocycles. The van der Waals surface area contributed by atoms with Crippen LogP contribution < -0.4 is 0 Å². The van der Waals surface area contributed by atoms with Crippen molar-refractivity contribution in [1.29, 1.82) is 0 Å². The second kappa shape index (κ2) is 5.38. The summed E-state index contributed by atoms with van der Waals surface area (Å²) in [5, 5.41) is 0. The first-order valence-corrected chi connectivity index (χ1v) is 7.62. The molecular formula is C21H13F3. The number of hydrogen-bond donors (Lipinski definition) is 0. The van der Waals surface area contributed by atoms with Gasteiger partial charge in [0.15, 0.2) is 0 Å². The number of hydrogen-bond acceptors (Lipinski definition) is 0. The van der Waals surface area contributed by atoms with Crippen LogP contribution in [0.25, 0.3) is 22.8 Å². The summed E-state index contributed by atoms with van der Waals surface area (Å²) >= 11 is 0. The Balaban J connectivity index is 1.89. The largest absolute Gasteiger partial charge is 0.416 e. The van der Waals surface area contributed by atoms with Crippen molar-refractivity contribution in [3.63, 3.8) is 0 Å². The van der Waals surface area contributed by atoms with Gasteiger partial charge in [0.05, 0.1) is 5.56 Å². The zero-order chi connectivity index (χ0) is 16.7. The van der Waals surface area contributed by atoms with Gasteiger partial charge in [-0.05, 0) is 51.6 Å². The minimum Gasteiger partial charge on any atom is -0.166 e. The van der Waals surface area contributed by atoms with Gasteiger partial charge in [-0.2, -0.15) is 13.2 Å². The third-order valence-corrected chi connectivity index (χ3v) is 4.25. The van der Waals surface area contributed by atoms with E-state index in [0.29, 0.717) is 5.56 Å². The van der Waals surface area contributed by atoms with Crippen molar-refractivity contribution in [3.8, 4) is 11.1 Å². The van der Waals surface area contributed by atoms with E-state index < -0.39 is 11.7 Å². The summed E-state index contributed by atoms with van der Waals surface area (Å²) in [4.78, 5) is 0. The lowest BCUT2D eigenvalue weighted by Gasteiger charge is -2.08. The molecule has 0 unspecified atom stereocenters. The molecule has 0 aromatic heterocycles. The Morgan fingerprint density at radius 1 is 0.625 bits per heavy atom. The monoisotopic (exact) mass is 322 g/mol. The predicted octanol–water partition coefficient (Wildman–Crippen LogP) is 6.27. The smallest absolute Gasteiger partial charge is 0.166 e. The third-order valence-electron chi connectivity index (χ3n) is 4.25. The molecule has 0 saturated carbocycles. The third kappa shape index (κ3) is 2.42. The van der Waals surface area contributed by atoms with Gasteiger partial charge in [0.1, 0.15) is 0 Å². The van der Waals surface area contributed by atoms with E-state index in [0.717, 1.165) is 33.9 Å². The Hall–Kier alpha value is -2.81. The van der Waals surface area contributed by atoms with Crippen LogP contribution in [0.1, 0.15) is 22.3 Å². The summed E-state index contributed by atoms with van der Waals surface area (Å²) in [6.45, 7) is 0. The van der Waals surface area contributed by atoms with E-state index >= 15 is 0 Å². The van der Waals surface area contributed by atoms with E-state index in [4.69, 9.17) is 0 Å². The first-order valence-electron chi connectivity index (χ1n) is 7.62. The number of benzene rings is 3. The molecule has 0 bridgehead atoms. The molecule has 0 saturated heterocycles. The van der Waals surface area contributed by atoms with Gasteiger partial charge in [-0.1, -0.05) is 60.7 Å². The number of rotatable bonds is 1. The number of halogens is 3. The zero-order valence-corrected chi connectivity index (χ0v) is 12.6. The van der Waals surface area contributed by atoms with Crippen LogP contribution in [-0.4, -0.2) is 0 Å². The van der Waals surface area contributed by atoms with Gasteiger partial charge in [-0.25, -0.2) is 0 Å². The first-order chi connectivity index (χ1) is 11.5. The molecule has 118 valence electrons. The quantitative estimate of drug-likeness (QED) is 0.387. The molecule has 0 N–H and O–H groups in total. The van der Waals surface area contributed by atoms with Crippen molar-refractivity contribution >= 4 is 11.6 Å². The molecule has 0 aliphatic heterocycles. The molecule has 3 aromatic rings. The van der Waals surface area contributed by atoms with E-state index in [-0.39, 0.29) is 0 Å². The molecule has 1 aliphatic rings. The fraction of sp³-hybridized carbons (Fsp3) is 0.0476. The van der Waals surface area contributed by atoms with Gasteiger partial charge >= 0.3 is 6.18 Å². The summed E-state index contributed by atoms with van der Waals surface area (Å²) in [6.07, 6.45) is -2.50. The van der Waals surface area contributed by atoms with Gasteiger partial charge in [0.25, 0.3) is 0 Å². The van der Waals surface area contributed by atoms with Crippen molar-refractivity contribution in [2.75, 3.05) is 0 Å². The van der Waals surface area contributed by atoms with Crippen molar-refractivity contribution in [3.05, 3.63) is 95.1 Å². The van der Waals surface area contributed by atoms with Crippen molar-refractivity contribution < 1.29 is 13.2 Å². The summed E-state index contributed by atoms with van der Waals surface area (Å²) in [5.41, 5.74) is 5.22. The van der Waals surface area contributed by atoms with E-state index in [1.54, 1.807) is 6.07 Å². The van der Waals surface area contributed by atoms with Crippen LogP contribution >= 0.6 is 0 Å². The Morgan fingerprint density at radius 3 is 1.71 bits per heavy atom. The van der Waals surface area contributed by atoms with Gasteiger partial charge in [-0.15, -0.1) is 0 Å². The van der Waals surface area contributed by atoms with Crippen LogP contribution in [0.15, 0.2) is 72.8 Å².